The molecule has 5 heteroatoms. The Balaban J connectivity index is 2.18. The largest absolute Gasteiger partial charge is 0.481 e. The fraction of sp³-hybridized carbons (Fsp3) is 0.417. The normalized spacial score (nSPS) is 17.3. The van der Waals surface area contributed by atoms with Crippen LogP contribution in [-0.2, 0) is 4.79 Å². The lowest BCUT2D eigenvalue weighted by Crippen LogP contribution is -2.65. The zero-order valence-corrected chi connectivity index (χ0v) is 11.2. The molecule has 1 saturated heterocycles. The van der Waals surface area contributed by atoms with Crippen LogP contribution in [0.5, 0.6) is 0 Å². The molecule has 17 heavy (non-hydrogen) atoms. The summed E-state index contributed by atoms with van der Waals surface area (Å²) in [5.74, 6) is -0.772. The highest BCUT2D eigenvalue weighted by atomic mass is 79.9. The number of hydrogen-bond acceptors (Lipinski definition) is 3. The van der Waals surface area contributed by atoms with E-state index in [4.69, 9.17) is 5.11 Å². The van der Waals surface area contributed by atoms with Crippen LogP contribution in [0.25, 0.3) is 0 Å². The highest BCUT2D eigenvalue weighted by molar-refractivity contribution is 9.10. The zero-order chi connectivity index (χ0) is 12.5. The molecule has 2 rings (SSSR count). The molecule has 0 atom stereocenters. The van der Waals surface area contributed by atoms with E-state index in [9.17, 15) is 4.79 Å². The number of anilines is 1. The fourth-order valence-corrected chi connectivity index (χ4v) is 2.35. The fourth-order valence-electron chi connectivity index (χ4n) is 1.99. The monoisotopic (exact) mass is 298 g/mol. The smallest absolute Gasteiger partial charge is 0.305 e. The summed E-state index contributed by atoms with van der Waals surface area (Å²) in [6.07, 6.45) is 0.131. The Morgan fingerprint density at radius 1 is 1.59 bits per heavy atom. The van der Waals surface area contributed by atoms with Crippen LogP contribution in [0, 0.1) is 6.92 Å². The Kier molecular flexibility index (Phi) is 3.40. The Morgan fingerprint density at radius 2 is 2.29 bits per heavy atom. The van der Waals surface area contributed by atoms with E-state index in [1.807, 2.05) is 25.1 Å². The number of carboxylic acid groups (broad SMARTS) is 1. The highest BCUT2D eigenvalue weighted by Crippen LogP contribution is 2.27. The number of rotatable bonds is 4. The van der Waals surface area contributed by atoms with Crippen LogP contribution in [0.1, 0.15) is 12.0 Å². The van der Waals surface area contributed by atoms with Crippen LogP contribution in [0.4, 0.5) is 5.69 Å². The lowest BCUT2D eigenvalue weighted by molar-refractivity contribution is -0.138. The van der Waals surface area contributed by atoms with Gasteiger partial charge < -0.3 is 15.7 Å². The van der Waals surface area contributed by atoms with Crippen molar-refractivity contribution in [1.82, 2.24) is 5.32 Å². The lowest BCUT2D eigenvalue weighted by Gasteiger charge is -2.43. The number of carbonyl (C=O) groups is 1. The first kappa shape index (κ1) is 12.4. The second-order valence-electron chi connectivity index (χ2n) is 4.54. The Bertz CT molecular complexity index is 444. The van der Waals surface area contributed by atoms with Gasteiger partial charge in [0.2, 0.25) is 0 Å². The second kappa shape index (κ2) is 4.66. The molecule has 0 bridgehead atoms. The summed E-state index contributed by atoms with van der Waals surface area (Å²) in [6, 6.07) is 5.97. The van der Waals surface area contributed by atoms with E-state index in [1.54, 1.807) is 0 Å². The van der Waals surface area contributed by atoms with E-state index in [1.165, 1.54) is 0 Å². The van der Waals surface area contributed by atoms with Gasteiger partial charge in [0, 0.05) is 23.2 Å². The first-order chi connectivity index (χ1) is 8.01. The van der Waals surface area contributed by atoms with E-state index >= 15 is 0 Å². The predicted molar refractivity (Wildman–Crippen MR) is 70.4 cm³/mol. The van der Waals surface area contributed by atoms with Gasteiger partial charge in [-0.05, 0) is 24.6 Å². The molecule has 4 nitrogen and oxygen atoms in total. The molecular weight excluding hydrogens is 284 g/mol. The molecule has 0 aromatic heterocycles. The lowest BCUT2D eigenvalue weighted by atomic mass is 9.88. The van der Waals surface area contributed by atoms with Gasteiger partial charge in [0.05, 0.1) is 12.0 Å². The summed E-state index contributed by atoms with van der Waals surface area (Å²) in [4.78, 5) is 10.9. The van der Waals surface area contributed by atoms with Crippen LogP contribution in [0.2, 0.25) is 0 Å². The van der Waals surface area contributed by atoms with Crippen molar-refractivity contribution < 1.29 is 9.90 Å². The molecule has 1 aromatic carbocycles. The molecule has 1 aromatic rings. The maximum absolute atomic E-state index is 10.9. The minimum Gasteiger partial charge on any atom is -0.481 e. The summed E-state index contributed by atoms with van der Waals surface area (Å²) in [7, 11) is 0. The average Bonchev–Trinajstić information content (AvgIpc) is 2.19. The van der Waals surface area contributed by atoms with E-state index in [2.05, 4.69) is 26.6 Å². The predicted octanol–water partition coefficient (Wildman–Crippen LogP) is 1.99. The van der Waals surface area contributed by atoms with Crippen molar-refractivity contribution in [1.29, 1.82) is 0 Å². The molecule has 1 fully saturated rings. The zero-order valence-electron chi connectivity index (χ0n) is 9.59. The Morgan fingerprint density at radius 3 is 2.82 bits per heavy atom. The summed E-state index contributed by atoms with van der Waals surface area (Å²) in [5, 5.41) is 15.4. The van der Waals surface area contributed by atoms with Crippen molar-refractivity contribution in [2.24, 2.45) is 0 Å². The molecule has 0 saturated carbocycles. The van der Waals surface area contributed by atoms with Gasteiger partial charge in [-0.15, -0.1) is 0 Å². The SMILES string of the molecule is Cc1ccc(Br)cc1NC1(CC(=O)O)CNC1. The molecule has 92 valence electrons. The summed E-state index contributed by atoms with van der Waals surface area (Å²) >= 11 is 3.42. The van der Waals surface area contributed by atoms with Crippen LogP contribution >= 0.6 is 15.9 Å². The minimum absolute atomic E-state index is 0.131. The number of hydrogen-bond donors (Lipinski definition) is 3. The third-order valence-corrected chi connectivity index (χ3v) is 3.51. The van der Waals surface area contributed by atoms with Crippen molar-refractivity contribution >= 4 is 27.6 Å². The van der Waals surface area contributed by atoms with Gasteiger partial charge in [0.15, 0.2) is 0 Å². The average molecular weight is 299 g/mol. The molecule has 0 spiro atoms. The van der Waals surface area contributed by atoms with Gasteiger partial charge in [-0.25, -0.2) is 0 Å². The van der Waals surface area contributed by atoms with E-state index in [-0.39, 0.29) is 12.0 Å². The summed E-state index contributed by atoms with van der Waals surface area (Å²) in [5.41, 5.74) is 1.75. The minimum atomic E-state index is -0.772. The van der Waals surface area contributed by atoms with Gasteiger partial charge in [-0.3, -0.25) is 4.79 Å². The van der Waals surface area contributed by atoms with Gasteiger partial charge in [-0.1, -0.05) is 22.0 Å². The molecule has 3 N–H and O–H groups in total. The Hall–Kier alpha value is -1.07. The number of carboxylic acids is 1. The number of benzene rings is 1. The quantitative estimate of drug-likeness (QED) is 0.795. The molecular formula is C12H15BrN2O2. The van der Waals surface area contributed by atoms with Gasteiger partial charge in [-0.2, -0.15) is 0 Å². The molecule has 1 heterocycles. The number of nitrogens with one attached hydrogen (secondary N) is 2. The summed E-state index contributed by atoms with van der Waals surface area (Å²) in [6.45, 7) is 3.38. The highest BCUT2D eigenvalue weighted by Gasteiger charge is 2.39. The summed E-state index contributed by atoms with van der Waals surface area (Å²) < 4.78 is 0.989. The number of aliphatic carboxylic acids is 1. The molecule has 1 aliphatic heterocycles. The third-order valence-electron chi connectivity index (χ3n) is 3.02. The van der Waals surface area contributed by atoms with E-state index in [0.29, 0.717) is 13.1 Å². The van der Waals surface area contributed by atoms with Crippen LogP contribution in [0.3, 0.4) is 0 Å². The Labute approximate surface area is 109 Å². The van der Waals surface area contributed by atoms with Gasteiger partial charge >= 0.3 is 5.97 Å². The van der Waals surface area contributed by atoms with Crippen LogP contribution in [0.15, 0.2) is 22.7 Å². The van der Waals surface area contributed by atoms with Gasteiger partial charge in [0.25, 0.3) is 0 Å². The number of aryl methyl sites for hydroxylation is 1. The van der Waals surface area contributed by atoms with Crippen molar-refractivity contribution in [2.45, 2.75) is 18.9 Å². The van der Waals surface area contributed by atoms with Crippen molar-refractivity contribution in [3.63, 3.8) is 0 Å². The topological polar surface area (TPSA) is 61.4 Å². The maximum Gasteiger partial charge on any atom is 0.305 e. The first-order valence-corrected chi connectivity index (χ1v) is 6.27. The van der Waals surface area contributed by atoms with Crippen LogP contribution < -0.4 is 10.6 Å². The van der Waals surface area contributed by atoms with Crippen molar-refractivity contribution in [3.8, 4) is 0 Å². The van der Waals surface area contributed by atoms with Crippen molar-refractivity contribution in [3.05, 3.63) is 28.2 Å². The molecule has 1 aliphatic rings. The van der Waals surface area contributed by atoms with E-state index < -0.39 is 5.97 Å². The van der Waals surface area contributed by atoms with E-state index in [0.717, 1.165) is 15.7 Å². The standard InChI is InChI=1S/C12H15BrN2O2/c1-8-2-3-9(13)4-10(8)15-12(5-11(16)17)6-14-7-12/h2-4,14-15H,5-7H2,1H3,(H,16,17). The molecule has 0 unspecified atom stereocenters. The molecule has 0 amide bonds. The first-order valence-electron chi connectivity index (χ1n) is 5.48. The van der Waals surface area contributed by atoms with Gasteiger partial charge in [0.1, 0.15) is 0 Å². The van der Waals surface area contributed by atoms with Crippen LogP contribution in [-0.4, -0.2) is 29.7 Å². The maximum atomic E-state index is 10.9. The number of halogens is 1. The molecule has 0 aliphatic carbocycles. The second-order valence-corrected chi connectivity index (χ2v) is 5.45. The molecule has 0 radical (unpaired) electrons. The van der Waals surface area contributed by atoms with Crippen molar-refractivity contribution in [2.75, 3.05) is 18.4 Å². The third kappa shape index (κ3) is 2.79.